The second-order valence-electron chi connectivity index (χ2n) is 3.85. The highest BCUT2D eigenvalue weighted by Gasteiger charge is 2.21. The lowest BCUT2D eigenvalue weighted by Crippen LogP contribution is -2.53. The maximum Gasteiger partial charge on any atom is 0.237 e. The highest BCUT2D eigenvalue weighted by Crippen LogP contribution is 2.14. The van der Waals surface area contributed by atoms with Crippen LogP contribution in [0.1, 0.15) is 5.56 Å². The van der Waals surface area contributed by atoms with Gasteiger partial charge in [-0.1, -0.05) is 12.1 Å². The molecule has 0 spiro atoms. The van der Waals surface area contributed by atoms with Crippen molar-refractivity contribution in [3.63, 3.8) is 0 Å². The number of piperazine rings is 1. The molecule has 16 heavy (non-hydrogen) atoms. The number of hydrogen-bond donors (Lipinski definition) is 2. The van der Waals surface area contributed by atoms with Crippen LogP contribution in [0.5, 0.6) is 5.75 Å². The topological polar surface area (TPSA) is 50.4 Å². The molecular weight excluding hydrogens is 204 g/mol. The van der Waals surface area contributed by atoms with Gasteiger partial charge in [-0.15, -0.1) is 0 Å². The van der Waals surface area contributed by atoms with Crippen LogP contribution >= 0.6 is 0 Å². The Morgan fingerprint density at radius 2 is 2.31 bits per heavy atom. The van der Waals surface area contributed by atoms with Crippen molar-refractivity contribution in [1.29, 1.82) is 0 Å². The van der Waals surface area contributed by atoms with Gasteiger partial charge in [0.25, 0.3) is 0 Å². The van der Waals surface area contributed by atoms with Crippen LogP contribution in [0.3, 0.4) is 0 Å². The minimum absolute atomic E-state index is 0.0778. The summed E-state index contributed by atoms with van der Waals surface area (Å²) in [6.45, 7) is 1.55. The van der Waals surface area contributed by atoms with Crippen molar-refractivity contribution >= 4 is 5.91 Å². The fraction of sp³-hybridized carbons (Fsp3) is 0.417. The zero-order valence-corrected chi connectivity index (χ0v) is 9.32. The molecule has 1 amide bonds. The van der Waals surface area contributed by atoms with Gasteiger partial charge in [0.2, 0.25) is 5.91 Å². The molecule has 1 aliphatic heterocycles. The fourth-order valence-electron chi connectivity index (χ4n) is 1.85. The molecule has 0 radical (unpaired) electrons. The Kier molecular flexibility index (Phi) is 3.41. The molecule has 1 saturated heterocycles. The van der Waals surface area contributed by atoms with E-state index in [2.05, 4.69) is 10.6 Å². The van der Waals surface area contributed by atoms with E-state index in [1.807, 2.05) is 24.3 Å². The van der Waals surface area contributed by atoms with Gasteiger partial charge in [0, 0.05) is 13.1 Å². The molecule has 0 unspecified atom stereocenters. The van der Waals surface area contributed by atoms with Gasteiger partial charge in [-0.2, -0.15) is 0 Å². The number of methoxy groups -OCH3 is 1. The van der Waals surface area contributed by atoms with E-state index in [4.69, 9.17) is 4.74 Å². The van der Waals surface area contributed by atoms with Gasteiger partial charge in [-0.3, -0.25) is 4.79 Å². The Labute approximate surface area is 95.0 Å². The molecule has 1 fully saturated rings. The highest BCUT2D eigenvalue weighted by atomic mass is 16.5. The van der Waals surface area contributed by atoms with E-state index in [0.717, 1.165) is 17.9 Å². The van der Waals surface area contributed by atoms with E-state index in [1.54, 1.807) is 7.11 Å². The molecule has 4 heteroatoms. The van der Waals surface area contributed by atoms with Crippen molar-refractivity contribution in [3.05, 3.63) is 29.8 Å². The predicted octanol–water partition coefficient (Wildman–Crippen LogP) is 0.326. The quantitative estimate of drug-likeness (QED) is 0.771. The Hall–Kier alpha value is -1.55. The molecule has 2 rings (SSSR count). The number of benzene rings is 1. The fourth-order valence-corrected chi connectivity index (χ4v) is 1.85. The molecule has 0 aliphatic carbocycles. The summed E-state index contributed by atoms with van der Waals surface area (Å²) in [5.74, 6) is 0.905. The summed E-state index contributed by atoms with van der Waals surface area (Å²) in [5.41, 5.74) is 1.11. The van der Waals surface area contributed by atoms with Gasteiger partial charge < -0.3 is 15.4 Å². The number of ether oxygens (including phenoxy) is 1. The molecule has 86 valence electrons. The van der Waals surface area contributed by atoms with Crippen LogP contribution < -0.4 is 15.4 Å². The minimum Gasteiger partial charge on any atom is -0.497 e. The lowest BCUT2D eigenvalue weighted by atomic mass is 10.0. The van der Waals surface area contributed by atoms with Crippen LogP contribution in [0.2, 0.25) is 0 Å². The highest BCUT2D eigenvalue weighted by molar-refractivity contribution is 5.82. The van der Waals surface area contributed by atoms with Crippen molar-refractivity contribution in [3.8, 4) is 5.75 Å². The Bertz CT molecular complexity index is 379. The van der Waals surface area contributed by atoms with Crippen molar-refractivity contribution < 1.29 is 9.53 Å². The molecule has 0 bridgehead atoms. The number of nitrogens with one attached hydrogen (secondary N) is 2. The van der Waals surface area contributed by atoms with Crippen molar-refractivity contribution in [2.75, 3.05) is 20.2 Å². The zero-order chi connectivity index (χ0) is 11.4. The molecule has 2 N–H and O–H groups in total. The molecule has 1 aliphatic rings. The SMILES string of the molecule is COc1cccc(C[C@@H]2NCCNC2=O)c1. The van der Waals surface area contributed by atoms with Gasteiger partial charge in [-0.25, -0.2) is 0 Å². The van der Waals surface area contributed by atoms with Gasteiger partial charge >= 0.3 is 0 Å². The summed E-state index contributed by atoms with van der Waals surface area (Å²) in [6.07, 6.45) is 0.697. The van der Waals surface area contributed by atoms with E-state index in [1.165, 1.54) is 0 Å². The first kappa shape index (κ1) is 11.0. The lowest BCUT2D eigenvalue weighted by molar-refractivity contribution is -0.124. The van der Waals surface area contributed by atoms with Crippen LogP contribution in [0, 0.1) is 0 Å². The number of carbonyl (C=O) groups excluding carboxylic acids is 1. The van der Waals surface area contributed by atoms with Crippen LogP contribution in [0.4, 0.5) is 0 Å². The molecule has 0 aromatic heterocycles. The summed E-state index contributed by atoms with van der Waals surface area (Å²) in [6, 6.07) is 7.68. The maximum atomic E-state index is 11.5. The van der Waals surface area contributed by atoms with E-state index in [-0.39, 0.29) is 11.9 Å². The Morgan fingerprint density at radius 3 is 3.06 bits per heavy atom. The minimum atomic E-state index is -0.124. The van der Waals surface area contributed by atoms with Gasteiger partial charge in [0.1, 0.15) is 5.75 Å². The molecule has 1 aromatic carbocycles. The largest absolute Gasteiger partial charge is 0.497 e. The third-order valence-corrected chi connectivity index (χ3v) is 2.71. The van der Waals surface area contributed by atoms with E-state index < -0.39 is 0 Å². The monoisotopic (exact) mass is 220 g/mol. The van der Waals surface area contributed by atoms with E-state index in [0.29, 0.717) is 13.0 Å². The number of rotatable bonds is 3. The normalized spacial score (nSPS) is 20.3. The summed E-state index contributed by atoms with van der Waals surface area (Å²) in [5, 5.41) is 6.05. The summed E-state index contributed by atoms with van der Waals surface area (Å²) >= 11 is 0. The Balaban J connectivity index is 2.04. The summed E-state index contributed by atoms with van der Waals surface area (Å²) in [4.78, 5) is 11.5. The average Bonchev–Trinajstić information content (AvgIpc) is 2.32. The van der Waals surface area contributed by atoms with Crippen molar-refractivity contribution in [2.45, 2.75) is 12.5 Å². The molecule has 1 aromatic rings. The standard InChI is InChI=1S/C12H16N2O2/c1-16-10-4-2-3-9(7-10)8-11-12(15)14-6-5-13-11/h2-4,7,11,13H,5-6,8H2,1H3,(H,14,15)/t11-/m0/s1. The predicted molar refractivity (Wildman–Crippen MR) is 61.5 cm³/mol. The van der Waals surface area contributed by atoms with Crippen LogP contribution in [-0.4, -0.2) is 32.1 Å². The lowest BCUT2D eigenvalue weighted by Gasteiger charge is -2.23. The zero-order valence-electron chi connectivity index (χ0n) is 9.32. The van der Waals surface area contributed by atoms with Gasteiger partial charge in [-0.05, 0) is 24.1 Å². The average molecular weight is 220 g/mol. The third-order valence-electron chi connectivity index (χ3n) is 2.71. The molecule has 4 nitrogen and oxygen atoms in total. The van der Waals surface area contributed by atoms with E-state index >= 15 is 0 Å². The first-order valence-electron chi connectivity index (χ1n) is 5.43. The summed E-state index contributed by atoms with van der Waals surface area (Å²) in [7, 11) is 1.64. The van der Waals surface area contributed by atoms with Crippen LogP contribution in [0.25, 0.3) is 0 Å². The first-order valence-corrected chi connectivity index (χ1v) is 5.43. The number of carbonyl (C=O) groups is 1. The smallest absolute Gasteiger partial charge is 0.237 e. The van der Waals surface area contributed by atoms with Gasteiger partial charge in [0.05, 0.1) is 13.2 Å². The van der Waals surface area contributed by atoms with Crippen LogP contribution in [-0.2, 0) is 11.2 Å². The van der Waals surface area contributed by atoms with Gasteiger partial charge in [0.15, 0.2) is 0 Å². The van der Waals surface area contributed by atoms with Crippen LogP contribution in [0.15, 0.2) is 24.3 Å². The first-order chi connectivity index (χ1) is 7.79. The van der Waals surface area contributed by atoms with E-state index in [9.17, 15) is 4.79 Å². The second-order valence-corrected chi connectivity index (χ2v) is 3.85. The maximum absolute atomic E-state index is 11.5. The summed E-state index contributed by atoms with van der Waals surface area (Å²) < 4.78 is 5.15. The number of hydrogen-bond acceptors (Lipinski definition) is 3. The second kappa shape index (κ2) is 4.99. The Morgan fingerprint density at radius 1 is 1.44 bits per heavy atom. The molecular formula is C12H16N2O2. The molecule has 0 saturated carbocycles. The molecule has 1 atom stereocenters. The third kappa shape index (κ3) is 2.52. The number of amides is 1. The molecule has 1 heterocycles. The van der Waals surface area contributed by atoms with Crippen molar-refractivity contribution in [1.82, 2.24) is 10.6 Å². The van der Waals surface area contributed by atoms with Crippen molar-refractivity contribution in [2.24, 2.45) is 0 Å².